The van der Waals surface area contributed by atoms with E-state index in [2.05, 4.69) is 0 Å². The van der Waals surface area contributed by atoms with Crippen LogP contribution in [0.25, 0.3) is 0 Å². The number of amides is 1. The SMILES string of the molecule is O=C1C=CC2=CN(S(=O)(=O)c3ccccc3)C=C3CC(N(C(=O)C(F)(F)F)C4CC4)C(=C23)C1. The van der Waals surface area contributed by atoms with Crippen LogP contribution in [0, 0.1) is 0 Å². The third kappa shape index (κ3) is 3.72. The lowest BCUT2D eigenvalue weighted by Crippen LogP contribution is -2.48. The summed E-state index contributed by atoms with van der Waals surface area (Å²) < 4.78 is 67.6. The molecule has 33 heavy (non-hydrogen) atoms. The van der Waals surface area contributed by atoms with Gasteiger partial charge < -0.3 is 4.90 Å². The maximum Gasteiger partial charge on any atom is 0.471 e. The van der Waals surface area contributed by atoms with E-state index in [1.165, 1.54) is 36.7 Å². The Kier molecular flexibility index (Phi) is 4.89. The van der Waals surface area contributed by atoms with Crippen LogP contribution in [0.3, 0.4) is 0 Å². The zero-order valence-electron chi connectivity index (χ0n) is 17.2. The monoisotopic (exact) mass is 476 g/mol. The summed E-state index contributed by atoms with van der Waals surface area (Å²) in [6.45, 7) is 0. The number of nitrogens with zero attached hydrogens (tertiary/aromatic N) is 2. The number of hydrogen-bond donors (Lipinski definition) is 0. The number of rotatable bonds is 4. The molecule has 4 aliphatic rings. The minimum atomic E-state index is -5.04. The molecule has 10 heteroatoms. The van der Waals surface area contributed by atoms with Crippen LogP contribution >= 0.6 is 0 Å². The molecule has 1 amide bonds. The van der Waals surface area contributed by atoms with Gasteiger partial charge in [0.1, 0.15) is 0 Å². The van der Waals surface area contributed by atoms with Gasteiger partial charge in [-0.25, -0.2) is 12.7 Å². The number of halogens is 3. The standard InChI is InChI=1S/C23H19F3N2O4S/c24-23(25,26)22(30)28(16-7-8-16)20-10-15-13-27(33(31,32)18-4-2-1-3-5-18)12-14-6-9-17(29)11-19(20)21(14)15/h1-6,9,12-13,16,20H,7-8,10-11H2. The maximum absolute atomic E-state index is 13.4. The van der Waals surface area contributed by atoms with E-state index in [0.717, 1.165) is 9.21 Å². The van der Waals surface area contributed by atoms with Crippen molar-refractivity contribution in [3.63, 3.8) is 0 Å². The molecule has 0 saturated heterocycles. The number of carbonyl (C=O) groups is 2. The van der Waals surface area contributed by atoms with Crippen LogP contribution < -0.4 is 0 Å². The summed E-state index contributed by atoms with van der Waals surface area (Å²) in [6, 6.07) is 6.28. The Balaban J connectivity index is 1.60. The van der Waals surface area contributed by atoms with Gasteiger partial charge in [-0.05, 0) is 65.8 Å². The predicted molar refractivity (Wildman–Crippen MR) is 112 cm³/mol. The highest BCUT2D eigenvalue weighted by Gasteiger charge is 2.52. The van der Waals surface area contributed by atoms with E-state index >= 15 is 0 Å². The molecule has 1 heterocycles. The summed E-state index contributed by atoms with van der Waals surface area (Å²) in [5.74, 6) is -2.24. The molecular formula is C23H19F3N2O4S. The van der Waals surface area contributed by atoms with Gasteiger partial charge in [-0.1, -0.05) is 18.2 Å². The Morgan fingerprint density at radius 3 is 2.39 bits per heavy atom. The van der Waals surface area contributed by atoms with E-state index in [1.54, 1.807) is 18.2 Å². The highest BCUT2D eigenvalue weighted by Crippen LogP contribution is 2.48. The zero-order valence-corrected chi connectivity index (χ0v) is 18.1. The van der Waals surface area contributed by atoms with E-state index < -0.39 is 34.2 Å². The third-order valence-corrected chi connectivity index (χ3v) is 7.81. The summed E-state index contributed by atoms with van der Waals surface area (Å²) in [5.41, 5.74) is 1.91. The Bertz CT molecular complexity index is 1270. The normalized spacial score (nSPS) is 22.6. The summed E-state index contributed by atoms with van der Waals surface area (Å²) in [7, 11) is -3.97. The minimum absolute atomic E-state index is 0.0161. The van der Waals surface area contributed by atoms with Crippen molar-refractivity contribution in [2.24, 2.45) is 0 Å². The Labute approximate surface area is 188 Å². The molecule has 1 saturated carbocycles. The third-order valence-electron chi connectivity index (χ3n) is 6.18. The number of hydrogen-bond acceptors (Lipinski definition) is 4. The number of alkyl halides is 3. The van der Waals surface area contributed by atoms with Gasteiger partial charge in [0.05, 0.1) is 10.9 Å². The molecule has 1 fully saturated rings. The number of carbonyl (C=O) groups excluding carboxylic acids is 2. The molecule has 3 aliphatic carbocycles. The molecule has 1 aromatic carbocycles. The number of ketones is 1. The maximum atomic E-state index is 13.4. The van der Waals surface area contributed by atoms with Crippen LogP contribution in [0.1, 0.15) is 25.7 Å². The summed E-state index contributed by atoms with van der Waals surface area (Å²) in [6.07, 6.45) is 1.31. The second-order valence-corrected chi connectivity index (χ2v) is 10.3. The summed E-state index contributed by atoms with van der Waals surface area (Å²) >= 11 is 0. The van der Waals surface area contributed by atoms with Crippen LogP contribution in [-0.4, -0.2) is 47.6 Å². The number of allylic oxidation sites excluding steroid dienone is 4. The van der Waals surface area contributed by atoms with Crippen LogP contribution in [-0.2, 0) is 19.6 Å². The first-order valence-electron chi connectivity index (χ1n) is 10.4. The lowest BCUT2D eigenvalue weighted by atomic mass is 9.97. The highest BCUT2D eigenvalue weighted by atomic mass is 32.2. The topological polar surface area (TPSA) is 74.8 Å². The van der Waals surface area contributed by atoms with Crippen LogP contribution in [0.4, 0.5) is 13.2 Å². The van der Waals surface area contributed by atoms with Crippen LogP contribution in [0.15, 0.2) is 82.1 Å². The highest BCUT2D eigenvalue weighted by molar-refractivity contribution is 7.89. The molecule has 0 aromatic heterocycles. The van der Waals surface area contributed by atoms with Crippen LogP contribution in [0.2, 0.25) is 0 Å². The molecule has 0 bridgehead atoms. The first-order chi connectivity index (χ1) is 15.6. The van der Waals surface area contributed by atoms with Crippen molar-refractivity contribution < 1.29 is 31.2 Å². The van der Waals surface area contributed by atoms with E-state index in [4.69, 9.17) is 0 Å². The quantitative estimate of drug-likeness (QED) is 0.666. The Morgan fingerprint density at radius 2 is 1.76 bits per heavy atom. The number of sulfonamides is 1. The average Bonchev–Trinajstić information content (AvgIpc) is 3.56. The van der Waals surface area contributed by atoms with Crippen LogP contribution in [0.5, 0.6) is 0 Å². The van der Waals surface area contributed by atoms with Gasteiger partial charge in [0.2, 0.25) is 0 Å². The molecular weight excluding hydrogens is 457 g/mol. The van der Waals surface area contributed by atoms with Gasteiger partial charge in [0, 0.05) is 24.9 Å². The number of benzene rings is 1. The second kappa shape index (κ2) is 7.44. The van der Waals surface area contributed by atoms with Crippen molar-refractivity contribution in [3.05, 3.63) is 77.2 Å². The largest absolute Gasteiger partial charge is 0.471 e. The van der Waals surface area contributed by atoms with Crippen molar-refractivity contribution in [2.45, 2.75) is 48.8 Å². The zero-order chi connectivity index (χ0) is 23.5. The van der Waals surface area contributed by atoms with E-state index in [9.17, 15) is 31.2 Å². The lowest BCUT2D eigenvalue weighted by molar-refractivity contribution is -0.187. The first kappa shape index (κ1) is 21.7. The summed E-state index contributed by atoms with van der Waals surface area (Å²) in [5, 5.41) is 0. The van der Waals surface area contributed by atoms with Crippen molar-refractivity contribution in [3.8, 4) is 0 Å². The fourth-order valence-corrected chi connectivity index (χ4v) is 5.89. The molecule has 5 rings (SSSR count). The van der Waals surface area contributed by atoms with Gasteiger partial charge in [0.25, 0.3) is 10.0 Å². The second-order valence-electron chi connectivity index (χ2n) is 8.42. The van der Waals surface area contributed by atoms with Gasteiger partial charge in [0.15, 0.2) is 5.78 Å². The van der Waals surface area contributed by atoms with Crippen molar-refractivity contribution in [1.29, 1.82) is 0 Å². The van der Waals surface area contributed by atoms with E-state index in [1.807, 2.05) is 0 Å². The smallest absolute Gasteiger partial charge is 0.325 e. The molecule has 6 nitrogen and oxygen atoms in total. The molecule has 0 radical (unpaired) electrons. The fourth-order valence-electron chi connectivity index (χ4n) is 4.63. The molecule has 1 aromatic rings. The van der Waals surface area contributed by atoms with E-state index in [0.29, 0.717) is 35.1 Å². The van der Waals surface area contributed by atoms with Gasteiger partial charge in [-0.3, -0.25) is 9.59 Å². The van der Waals surface area contributed by atoms with Gasteiger partial charge >= 0.3 is 12.1 Å². The lowest BCUT2D eigenvalue weighted by Gasteiger charge is -2.31. The van der Waals surface area contributed by atoms with E-state index in [-0.39, 0.29) is 23.5 Å². The van der Waals surface area contributed by atoms with Gasteiger partial charge in [-0.2, -0.15) is 13.2 Å². The molecule has 1 unspecified atom stereocenters. The first-order valence-corrected chi connectivity index (χ1v) is 11.9. The average molecular weight is 476 g/mol. The van der Waals surface area contributed by atoms with Crippen molar-refractivity contribution >= 4 is 21.7 Å². The predicted octanol–water partition coefficient (Wildman–Crippen LogP) is 3.61. The molecule has 1 aliphatic heterocycles. The molecule has 172 valence electrons. The molecule has 0 N–H and O–H groups in total. The van der Waals surface area contributed by atoms with Crippen molar-refractivity contribution in [2.75, 3.05) is 0 Å². The fraction of sp³-hybridized carbons (Fsp3) is 0.304. The summed E-state index contributed by atoms with van der Waals surface area (Å²) in [4.78, 5) is 25.6. The van der Waals surface area contributed by atoms with Gasteiger partial charge in [-0.15, -0.1) is 0 Å². The molecule has 1 atom stereocenters. The Morgan fingerprint density at radius 1 is 1.06 bits per heavy atom. The Hall–Kier alpha value is -3.14. The van der Waals surface area contributed by atoms with Crippen molar-refractivity contribution in [1.82, 2.24) is 9.21 Å². The minimum Gasteiger partial charge on any atom is -0.325 e. The molecule has 0 spiro atoms.